The van der Waals surface area contributed by atoms with Gasteiger partial charge >= 0.3 is 0 Å². The van der Waals surface area contributed by atoms with Crippen molar-refractivity contribution in [2.24, 2.45) is 0 Å². The lowest BCUT2D eigenvalue weighted by Gasteiger charge is -2.11. The molecule has 0 atom stereocenters. The molecule has 0 bridgehead atoms. The monoisotopic (exact) mass is 369 g/mol. The van der Waals surface area contributed by atoms with Crippen LogP contribution in [0, 0.1) is 11.6 Å². The first-order valence-corrected chi connectivity index (χ1v) is 8.28. The van der Waals surface area contributed by atoms with E-state index in [9.17, 15) is 13.6 Å². The number of para-hydroxylation sites is 2. The first kappa shape index (κ1) is 18.3. The van der Waals surface area contributed by atoms with Gasteiger partial charge in [0, 0.05) is 11.8 Å². The van der Waals surface area contributed by atoms with Crippen LogP contribution in [0.1, 0.15) is 17.4 Å². The van der Waals surface area contributed by atoms with E-state index in [1.807, 2.05) is 13.0 Å². The number of rotatable bonds is 6. The van der Waals surface area contributed by atoms with Gasteiger partial charge in [-0.25, -0.2) is 13.8 Å². The summed E-state index contributed by atoms with van der Waals surface area (Å²) in [6, 6.07) is 13.7. The van der Waals surface area contributed by atoms with Crippen LogP contribution in [0.15, 0.2) is 60.8 Å². The van der Waals surface area contributed by atoms with E-state index < -0.39 is 11.6 Å². The van der Waals surface area contributed by atoms with E-state index in [-0.39, 0.29) is 11.6 Å². The molecule has 3 aromatic rings. The second-order valence-corrected chi connectivity index (χ2v) is 5.57. The van der Waals surface area contributed by atoms with Crippen molar-refractivity contribution in [1.82, 2.24) is 4.98 Å². The highest BCUT2D eigenvalue weighted by atomic mass is 19.2. The molecule has 27 heavy (non-hydrogen) atoms. The van der Waals surface area contributed by atoms with Gasteiger partial charge in [0.25, 0.3) is 5.91 Å². The number of aromatic nitrogens is 1. The summed E-state index contributed by atoms with van der Waals surface area (Å²) in [5, 5.41) is 5.65. The van der Waals surface area contributed by atoms with Gasteiger partial charge in [-0.1, -0.05) is 12.1 Å². The summed E-state index contributed by atoms with van der Waals surface area (Å²) in [7, 11) is 0. The molecule has 1 amide bonds. The van der Waals surface area contributed by atoms with Crippen molar-refractivity contribution in [1.29, 1.82) is 0 Å². The Bertz CT molecular complexity index is 946. The van der Waals surface area contributed by atoms with Gasteiger partial charge in [0.15, 0.2) is 11.6 Å². The summed E-state index contributed by atoms with van der Waals surface area (Å²) in [5.41, 5.74) is 1.66. The van der Waals surface area contributed by atoms with Crippen molar-refractivity contribution in [3.63, 3.8) is 0 Å². The van der Waals surface area contributed by atoms with Crippen LogP contribution in [-0.2, 0) is 0 Å². The number of nitrogens with zero attached hydrogens (tertiary/aromatic N) is 1. The highest BCUT2D eigenvalue weighted by Crippen LogP contribution is 2.24. The van der Waals surface area contributed by atoms with Crippen LogP contribution in [0.4, 0.5) is 25.8 Å². The zero-order valence-corrected chi connectivity index (χ0v) is 14.5. The number of pyridine rings is 1. The molecule has 0 aliphatic rings. The first-order chi connectivity index (χ1) is 13.1. The predicted octanol–water partition coefficient (Wildman–Crippen LogP) is 4.75. The average molecular weight is 369 g/mol. The Morgan fingerprint density at radius 3 is 2.52 bits per heavy atom. The van der Waals surface area contributed by atoms with Crippen LogP contribution in [0.3, 0.4) is 0 Å². The Balaban J connectivity index is 1.69. The van der Waals surface area contributed by atoms with E-state index in [0.717, 1.165) is 12.1 Å². The van der Waals surface area contributed by atoms with E-state index in [2.05, 4.69) is 15.6 Å². The molecule has 0 unspecified atom stereocenters. The summed E-state index contributed by atoms with van der Waals surface area (Å²) in [6.45, 7) is 2.34. The predicted molar refractivity (Wildman–Crippen MR) is 99.4 cm³/mol. The van der Waals surface area contributed by atoms with Crippen molar-refractivity contribution in [2.45, 2.75) is 6.92 Å². The summed E-state index contributed by atoms with van der Waals surface area (Å²) < 4.78 is 31.7. The van der Waals surface area contributed by atoms with Crippen molar-refractivity contribution in [2.75, 3.05) is 17.2 Å². The topological polar surface area (TPSA) is 63.2 Å². The van der Waals surface area contributed by atoms with E-state index in [0.29, 0.717) is 29.4 Å². The third kappa shape index (κ3) is 4.58. The number of amides is 1. The lowest BCUT2D eigenvalue weighted by atomic mass is 10.2. The largest absolute Gasteiger partial charge is 0.492 e. The van der Waals surface area contributed by atoms with E-state index in [1.165, 1.54) is 18.3 Å². The van der Waals surface area contributed by atoms with Gasteiger partial charge in [0.05, 0.1) is 24.2 Å². The molecule has 0 saturated heterocycles. The van der Waals surface area contributed by atoms with Gasteiger partial charge in [0.2, 0.25) is 0 Å². The maximum absolute atomic E-state index is 13.3. The minimum atomic E-state index is -0.947. The van der Waals surface area contributed by atoms with Gasteiger partial charge in [0.1, 0.15) is 11.4 Å². The molecular formula is C20H17F2N3O2. The number of benzene rings is 2. The number of hydrogen-bond acceptors (Lipinski definition) is 4. The van der Waals surface area contributed by atoms with E-state index in [4.69, 9.17) is 4.74 Å². The summed E-state index contributed by atoms with van der Waals surface area (Å²) in [4.78, 5) is 16.5. The lowest BCUT2D eigenvalue weighted by molar-refractivity contribution is 0.102. The molecule has 1 aromatic heterocycles. The fourth-order valence-corrected chi connectivity index (χ4v) is 2.38. The summed E-state index contributed by atoms with van der Waals surface area (Å²) >= 11 is 0. The number of anilines is 3. The van der Waals surface area contributed by atoms with Crippen LogP contribution < -0.4 is 15.4 Å². The van der Waals surface area contributed by atoms with Crippen molar-refractivity contribution in [3.8, 4) is 5.75 Å². The van der Waals surface area contributed by atoms with Crippen LogP contribution in [0.2, 0.25) is 0 Å². The van der Waals surface area contributed by atoms with Crippen molar-refractivity contribution in [3.05, 3.63) is 78.1 Å². The Hall–Kier alpha value is -3.48. The molecule has 0 spiro atoms. The summed E-state index contributed by atoms with van der Waals surface area (Å²) in [5.74, 6) is -1.68. The number of carbonyl (C=O) groups excluding carboxylic acids is 1. The third-order valence-corrected chi connectivity index (χ3v) is 3.64. The number of hydrogen-bond donors (Lipinski definition) is 2. The van der Waals surface area contributed by atoms with Gasteiger partial charge in [-0.2, -0.15) is 0 Å². The molecule has 2 N–H and O–H groups in total. The van der Waals surface area contributed by atoms with Crippen LogP contribution in [-0.4, -0.2) is 17.5 Å². The molecule has 138 valence electrons. The normalized spacial score (nSPS) is 10.3. The first-order valence-electron chi connectivity index (χ1n) is 8.28. The van der Waals surface area contributed by atoms with Crippen molar-refractivity contribution >= 4 is 23.0 Å². The minimum absolute atomic E-state index is 0.206. The Morgan fingerprint density at radius 1 is 1.04 bits per heavy atom. The fourth-order valence-electron chi connectivity index (χ4n) is 2.38. The Kier molecular flexibility index (Phi) is 5.61. The quantitative estimate of drug-likeness (QED) is 0.658. The average Bonchev–Trinajstić information content (AvgIpc) is 2.67. The SMILES string of the molecule is CCOc1ccccc1NC(=O)c1ccc(Nc2ccc(F)c(F)c2)cn1. The minimum Gasteiger partial charge on any atom is -0.492 e. The molecule has 0 aliphatic heterocycles. The number of halogens is 2. The number of carbonyl (C=O) groups is 1. The standard InChI is InChI=1S/C20H17F2N3O2/c1-2-27-19-6-4-3-5-17(19)25-20(26)18-10-8-14(12-23-18)24-13-7-9-15(21)16(22)11-13/h3-12,24H,2H2,1H3,(H,25,26). The Morgan fingerprint density at radius 2 is 1.81 bits per heavy atom. The highest BCUT2D eigenvalue weighted by Gasteiger charge is 2.11. The van der Waals surface area contributed by atoms with Crippen LogP contribution in [0.5, 0.6) is 5.75 Å². The molecule has 0 aliphatic carbocycles. The van der Waals surface area contributed by atoms with Crippen molar-refractivity contribution < 1.29 is 18.3 Å². The fraction of sp³-hybridized carbons (Fsp3) is 0.100. The zero-order chi connectivity index (χ0) is 19.2. The van der Waals surface area contributed by atoms with Gasteiger partial charge < -0.3 is 15.4 Å². The highest BCUT2D eigenvalue weighted by molar-refractivity contribution is 6.03. The molecule has 1 heterocycles. The van der Waals surface area contributed by atoms with Gasteiger partial charge in [-0.05, 0) is 43.3 Å². The second-order valence-electron chi connectivity index (χ2n) is 5.57. The second kappa shape index (κ2) is 8.27. The third-order valence-electron chi connectivity index (χ3n) is 3.64. The van der Waals surface area contributed by atoms with E-state index >= 15 is 0 Å². The zero-order valence-electron chi connectivity index (χ0n) is 14.5. The maximum atomic E-state index is 13.3. The molecular weight excluding hydrogens is 352 g/mol. The van der Waals surface area contributed by atoms with Gasteiger partial charge in [-0.15, -0.1) is 0 Å². The molecule has 7 heteroatoms. The molecule has 3 rings (SSSR count). The Labute approximate surface area is 155 Å². The summed E-state index contributed by atoms with van der Waals surface area (Å²) in [6.07, 6.45) is 1.44. The van der Waals surface area contributed by atoms with Crippen LogP contribution >= 0.6 is 0 Å². The molecule has 0 fully saturated rings. The van der Waals surface area contributed by atoms with Gasteiger partial charge in [-0.3, -0.25) is 4.79 Å². The maximum Gasteiger partial charge on any atom is 0.274 e. The number of ether oxygens (including phenoxy) is 1. The lowest BCUT2D eigenvalue weighted by Crippen LogP contribution is -2.14. The van der Waals surface area contributed by atoms with Crippen LogP contribution in [0.25, 0.3) is 0 Å². The molecule has 2 aromatic carbocycles. The molecule has 0 radical (unpaired) electrons. The number of nitrogens with one attached hydrogen (secondary N) is 2. The molecule has 5 nitrogen and oxygen atoms in total. The smallest absolute Gasteiger partial charge is 0.274 e. The molecule has 0 saturated carbocycles. The van der Waals surface area contributed by atoms with E-state index in [1.54, 1.807) is 24.3 Å².